The molecule has 3 nitrogen and oxygen atoms in total. The SMILES string of the molecule is CNCCC(=O)NC(c1cccs1)C1CC1.Cl. The number of hydrogen-bond donors (Lipinski definition) is 2. The largest absolute Gasteiger partial charge is 0.348 e. The highest BCUT2D eigenvalue weighted by Crippen LogP contribution is 2.42. The van der Waals surface area contributed by atoms with Crippen molar-refractivity contribution in [3.05, 3.63) is 22.4 Å². The van der Waals surface area contributed by atoms with Crippen LogP contribution in [0, 0.1) is 5.92 Å². The molecule has 2 N–H and O–H groups in total. The standard InChI is InChI=1S/C12H18N2OS.ClH/c1-13-7-6-11(15)14-12(9-4-5-9)10-3-2-8-16-10;/h2-3,8-9,12-13H,4-7H2,1H3,(H,14,15);1H. The molecule has 17 heavy (non-hydrogen) atoms. The second-order valence-corrected chi connectivity index (χ2v) is 5.23. The summed E-state index contributed by atoms with van der Waals surface area (Å²) >= 11 is 1.73. The van der Waals surface area contributed by atoms with Crippen LogP contribution in [0.5, 0.6) is 0 Å². The Morgan fingerprint density at radius 1 is 1.59 bits per heavy atom. The maximum atomic E-state index is 11.7. The minimum atomic E-state index is 0. The van der Waals surface area contributed by atoms with Crippen LogP contribution >= 0.6 is 23.7 Å². The average Bonchev–Trinajstić information content (AvgIpc) is 2.98. The molecule has 0 saturated heterocycles. The van der Waals surface area contributed by atoms with Crippen LogP contribution in [0.25, 0.3) is 0 Å². The van der Waals surface area contributed by atoms with E-state index in [1.54, 1.807) is 11.3 Å². The normalized spacial score (nSPS) is 16.1. The molecule has 1 aromatic rings. The third-order valence-corrected chi connectivity index (χ3v) is 3.82. The number of halogens is 1. The Morgan fingerprint density at radius 2 is 2.35 bits per heavy atom. The van der Waals surface area contributed by atoms with Crippen molar-refractivity contribution in [3.8, 4) is 0 Å². The molecule has 1 heterocycles. The van der Waals surface area contributed by atoms with Gasteiger partial charge < -0.3 is 10.6 Å². The van der Waals surface area contributed by atoms with Crippen LogP contribution in [0.1, 0.15) is 30.2 Å². The number of hydrogen-bond acceptors (Lipinski definition) is 3. The van der Waals surface area contributed by atoms with Crippen LogP contribution in [-0.4, -0.2) is 19.5 Å². The molecule has 5 heteroatoms. The lowest BCUT2D eigenvalue weighted by Gasteiger charge is -2.16. The zero-order chi connectivity index (χ0) is 11.4. The van der Waals surface area contributed by atoms with Crippen molar-refractivity contribution in [1.82, 2.24) is 10.6 Å². The lowest BCUT2D eigenvalue weighted by Crippen LogP contribution is -2.31. The molecule has 1 unspecified atom stereocenters. The third kappa shape index (κ3) is 4.30. The van der Waals surface area contributed by atoms with E-state index in [0.29, 0.717) is 12.3 Å². The number of thiophene rings is 1. The molecular weight excluding hydrogens is 256 g/mol. The van der Waals surface area contributed by atoms with Gasteiger partial charge in [-0.15, -0.1) is 23.7 Å². The van der Waals surface area contributed by atoms with Crippen molar-refractivity contribution >= 4 is 29.7 Å². The molecule has 0 bridgehead atoms. The first-order valence-corrected chi connectivity index (χ1v) is 6.66. The summed E-state index contributed by atoms with van der Waals surface area (Å²) in [5, 5.41) is 8.21. The zero-order valence-electron chi connectivity index (χ0n) is 9.94. The minimum Gasteiger partial charge on any atom is -0.348 e. The average molecular weight is 275 g/mol. The summed E-state index contributed by atoms with van der Waals surface area (Å²) in [5.74, 6) is 0.817. The summed E-state index contributed by atoms with van der Waals surface area (Å²) in [5.41, 5.74) is 0. The molecule has 0 spiro atoms. The molecule has 0 aromatic carbocycles. The van der Waals surface area contributed by atoms with Crippen molar-refractivity contribution in [3.63, 3.8) is 0 Å². The maximum absolute atomic E-state index is 11.7. The Balaban J connectivity index is 0.00000144. The second kappa shape index (κ2) is 6.99. The molecule has 1 aliphatic rings. The van der Waals surface area contributed by atoms with Crippen molar-refractivity contribution in [2.24, 2.45) is 5.92 Å². The van der Waals surface area contributed by atoms with Gasteiger partial charge in [-0.3, -0.25) is 4.79 Å². The summed E-state index contributed by atoms with van der Waals surface area (Å²) in [6, 6.07) is 4.42. The van der Waals surface area contributed by atoms with Crippen molar-refractivity contribution in [1.29, 1.82) is 0 Å². The Hall–Kier alpha value is -0.580. The van der Waals surface area contributed by atoms with Gasteiger partial charge in [0.05, 0.1) is 6.04 Å². The molecule has 0 radical (unpaired) electrons. The lowest BCUT2D eigenvalue weighted by atomic mass is 10.1. The summed E-state index contributed by atoms with van der Waals surface area (Å²) < 4.78 is 0. The molecule has 2 rings (SSSR count). The first-order valence-electron chi connectivity index (χ1n) is 5.78. The zero-order valence-corrected chi connectivity index (χ0v) is 11.6. The number of carbonyl (C=O) groups excluding carboxylic acids is 1. The van der Waals surface area contributed by atoms with E-state index in [1.807, 2.05) is 7.05 Å². The van der Waals surface area contributed by atoms with E-state index in [9.17, 15) is 4.79 Å². The van der Waals surface area contributed by atoms with Gasteiger partial charge in [0, 0.05) is 17.8 Å². The number of carbonyl (C=O) groups is 1. The van der Waals surface area contributed by atoms with E-state index in [4.69, 9.17) is 0 Å². The van der Waals surface area contributed by atoms with Crippen LogP contribution in [0.3, 0.4) is 0 Å². The molecule has 1 amide bonds. The van der Waals surface area contributed by atoms with Gasteiger partial charge in [0.25, 0.3) is 0 Å². The van der Waals surface area contributed by atoms with Gasteiger partial charge in [-0.1, -0.05) is 6.07 Å². The van der Waals surface area contributed by atoms with Crippen molar-refractivity contribution in [2.75, 3.05) is 13.6 Å². The van der Waals surface area contributed by atoms with Crippen molar-refractivity contribution < 1.29 is 4.79 Å². The fraction of sp³-hybridized carbons (Fsp3) is 0.583. The Labute approximate surface area is 112 Å². The smallest absolute Gasteiger partial charge is 0.221 e. The highest BCUT2D eigenvalue weighted by atomic mass is 35.5. The molecule has 1 aromatic heterocycles. The van der Waals surface area contributed by atoms with E-state index >= 15 is 0 Å². The lowest BCUT2D eigenvalue weighted by molar-refractivity contribution is -0.121. The Bertz CT molecular complexity index is 338. The Morgan fingerprint density at radius 3 is 2.88 bits per heavy atom. The van der Waals surface area contributed by atoms with Crippen LogP contribution in [-0.2, 0) is 4.79 Å². The first kappa shape index (κ1) is 14.5. The summed E-state index contributed by atoms with van der Waals surface area (Å²) in [4.78, 5) is 13.0. The minimum absolute atomic E-state index is 0. The van der Waals surface area contributed by atoms with Gasteiger partial charge in [-0.2, -0.15) is 0 Å². The number of rotatable bonds is 6. The third-order valence-electron chi connectivity index (χ3n) is 2.86. The molecule has 0 aliphatic heterocycles. The molecular formula is C12H19ClN2OS. The Kier molecular flexibility index (Phi) is 5.95. The monoisotopic (exact) mass is 274 g/mol. The van der Waals surface area contributed by atoms with Crippen LogP contribution in [0.4, 0.5) is 0 Å². The summed E-state index contributed by atoms with van der Waals surface area (Å²) in [6.07, 6.45) is 3.05. The first-order chi connectivity index (χ1) is 7.81. The van der Waals surface area contributed by atoms with Gasteiger partial charge in [0.1, 0.15) is 0 Å². The van der Waals surface area contributed by atoms with Crippen LogP contribution in [0.15, 0.2) is 17.5 Å². The van der Waals surface area contributed by atoms with Crippen molar-refractivity contribution in [2.45, 2.75) is 25.3 Å². The van der Waals surface area contributed by atoms with Gasteiger partial charge in [0.15, 0.2) is 0 Å². The van der Waals surface area contributed by atoms with Gasteiger partial charge in [-0.05, 0) is 37.3 Å². The predicted octanol–water partition coefficient (Wildman–Crippen LogP) is 2.35. The number of nitrogens with one attached hydrogen (secondary N) is 2. The van der Waals surface area contributed by atoms with E-state index in [0.717, 1.165) is 6.54 Å². The van der Waals surface area contributed by atoms with E-state index in [-0.39, 0.29) is 24.4 Å². The van der Waals surface area contributed by atoms with Crippen LogP contribution in [0.2, 0.25) is 0 Å². The second-order valence-electron chi connectivity index (χ2n) is 4.25. The van der Waals surface area contributed by atoms with E-state index in [1.165, 1.54) is 17.7 Å². The van der Waals surface area contributed by atoms with Gasteiger partial charge >= 0.3 is 0 Å². The fourth-order valence-corrected chi connectivity index (χ4v) is 2.67. The topological polar surface area (TPSA) is 41.1 Å². The molecule has 1 aliphatic carbocycles. The summed E-state index contributed by atoms with van der Waals surface area (Å²) in [7, 11) is 1.87. The molecule has 1 atom stereocenters. The van der Waals surface area contributed by atoms with Gasteiger partial charge in [0.2, 0.25) is 5.91 Å². The van der Waals surface area contributed by atoms with Crippen LogP contribution < -0.4 is 10.6 Å². The highest BCUT2D eigenvalue weighted by molar-refractivity contribution is 7.10. The predicted molar refractivity (Wildman–Crippen MR) is 73.7 cm³/mol. The number of amides is 1. The quantitative estimate of drug-likeness (QED) is 0.836. The molecule has 1 saturated carbocycles. The van der Waals surface area contributed by atoms with E-state index in [2.05, 4.69) is 28.1 Å². The maximum Gasteiger partial charge on any atom is 0.221 e. The van der Waals surface area contributed by atoms with Gasteiger partial charge in [-0.25, -0.2) is 0 Å². The summed E-state index contributed by atoms with van der Waals surface area (Å²) in [6.45, 7) is 0.744. The molecule has 1 fully saturated rings. The molecule has 96 valence electrons. The highest BCUT2D eigenvalue weighted by Gasteiger charge is 2.33. The fourth-order valence-electron chi connectivity index (χ4n) is 1.80. The van der Waals surface area contributed by atoms with E-state index < -0.39 is 0 Å².